The lowest BCUT2D eigenvalue weighted by Gasteiger charge is -2.47. The zero-order valence-electron chi connectivity index (χ0n) is 5.26. The van der Waals surface area contributed by atoms with Gasteiger partial charge in [0.2, 0.25) is 0 Å². The van der Waals surface area contributed by atoms with E-state index in [1.54, 1.807) is 0 Å². The fourth-order valence-corrected chi connectivity index (χ4v) is 1.82. The summed E-state index contributed by atoms with van der Waals surface area (Å²) >= 11 is 0. The predicted octanol–water partition coefficient (Wildman–Crippen LogP) is 1.29. The summed E-state index contributed by atoms with van der Waals surface area (Å²) in [5.41, 5.74) is 0. The molecule has 8 heavy (non-hydrogen) atoms. The molecule has 1 heteroatoms. The Hall–Kier alpha value is -0.0400. The molecule has 2 unspecified atom stereocenters. The lowest BCUT2D eigenvalue weighted by molar-refractivity contribution is -0.106. The Morgan fingerprint density at radius 1 is 1.25 bits per heavy atom. The first-order valence-corrected chi connectivity index (χ1v) is 3.45. The van der Waals surface area contributed by atoms with E-state index in [2.05, 4.69) is 6.92 Å². The first-order chi connectivity index (χ1) is 3.88. The van der Waals surface area contributed by atoms with E-state index in [0.29, 0.717) is 0 Å². The van der Waals surface area contributed by atoms with Crippen molar-refractivity contribution < 1.29 is 4.74 Å². The van der Waals surface area contributed by atoms with E-state index in [1.807, 2.05) is 0 Å². The van der Waals surface area contributed by atoms with Gasteiger partial charge in [-0.25, -0.2) is 0 Å². The molecular formula is C7H12O. The Kier molecular flexibility index (Phi) is 0.884. The van der Waals surface area contributed by atoms with Gasteiger partial charge in [0.15, 0.2) is 0 Å². The zero-order chi connectivity index (χ0) is 5.56. The van der Waals surface area contributed by atoms with E-state index < -0.39 is 0 Å². The highest BCUT2D eigenvalue weighted by atomic mass is 16.5. The quantitative estimate of drug-likeness (QED) is 0.459. The molecule has 0 N–H and O–H groups in total. The minimum atomic E-state index is 0.925. The van der Waals surface area contributed by atoms with Gasteiger partial charge in [0.05, 0.1) is 0 Å². The summed E-state index contributed by atoms with van der Waals surface area (Å²) < 4.78 is 5.30. The molecule has 2 bridgehead atoms. The van der Waals surface area contributed by atoms with Gasteiger partial charge in [-0.2, -0.15) is 0 Å². The van der Waals surface area contributed by atoms with Crippen LogP contribution in [0.1, 0.15) is 13.3 Å². The van der Waals surface area contributed by atoms with Gasteiger partial charge in [-0.05, 0) is 24.2 Å². The fourth-order valence-electron chi connectivity index (χ4n) is 1.82. The van der Waals surface area contributed by atoms with E-state index in [1.165, 1.54) is 6.42 Å². The van der Waals surface area contributed by atoms with Crippen LogP contribution in [0.5, 0.6) is 0 Å². The van der Waals surface area contributed by atoms with Crippen molar-refractivity contribution in [2.45, 2.75) is 13.3 Å². The van der Waals surface area contributed by atoms with Crippen LogP contribution in [0.25, 0.3) is 0 Å². The molecule has 2 aliphatic heterocycles. The average molecular weight is 112 g/mol. The van der Waals surface area contributed by atoms with Crippen LogP contribution in [0.2, 0.25) is 0 Å². The van der Waals surface area contributed by atoms with Crippen LogP contribution in [0.3, 0.4) is 0 Å². The fraction of sp³-hybridized carbons (Fsp3) is 1.00. The topological polar surface area (TPSA) is 9.23 Å². The monoisotopic (exact) mass is 112 g/mol. The van der Waals surface area contributed by atoms with Gasteiger partial charge in [-0.15, -0.1) is 0 Å². The molecule has 0 aromatic carbocycles. The van der Waals surface area contributed by atoms with E-state index >= 15 is 0 Å². The normalized spacial score (nSPS) is 52.9. The van der Waals surface area contributed by atoms with Crippen molar-refractivity contribution in [2.24, 2.45) is 17.8 Å². The van der Waals surface area contributed by atoms with Crippen molar-refractivity contribution in [3.63, 3.8) is 0 Å². The number of fused-ring (bicyclic) bond motifs is 2. The minimum Gasteiger partial charge on any atom is -0.381 e. The van der Waals surface area contributed by atoms with Gasteiger partial charge in [-0.3, -0.25) is 0 Å². The molecule has 0 radical (unpaired) electrons. The summed E-state index contributed by atoms with van der Waals surface area (Å²) in [4.78, 5) is 0. The van der Waals surface area contributed by atoms with Gasteiger partial charge in [-0.1, -0.05) is 6.92 Å². The van der Waals surface area contributed by atoms with Crippen molar-refractivity contribution in [2.75, 3.05) is 13.2 Å². The number of hydrogen-bond acceptors (Lipinski definition) is 1. The molecule has 46 valence electrons. The molecular weight excluding hydrogens is 100 g/mol. The van der Waals surface area contributed by atoms with Crippen molar-refractivity contribution >= 4 is 0 Å². The first kappa shape index (κ1) is 4.80. The van der Waals surface area contributed by atoms with Crippen molar-refractivity contribution in [1.29, 1.82) is 0 Å². The molecule has 0 aromatic rings. The molecule has 0 aromatic heterocycles. The zero-order valence-corrected chi connectivity index (χ0v) is 5.26. The minimum absolute atomic E-state index is 0.925. The average Bonchev–Trinajstić information content (AvgIpc) is 1.89. The molecule has 2 saturated heterocycles. The van der Waals surface area contributed by atoms with Crippen molar-refractivity contribution in [3.05, 3.63) is 0 Å². The second kappa shape index (κ2) is 1.47. The Bertz CT molecular complexity index is 86.6. The van der Waals surface area contributed by atoms with Gasteiger partial charge in [0, 0.05) is 13.2 Å². The van der Waals surface area contributed by atoms with Crippen LogP contribution in [0.15, 0.2) is 0 Å². The Morgan fingerprint density at radius 2 is 1.88 bits per heavy atom. The Balaban J connectivity index is 2.03. The van der Waals surface area contributed by atoms with Crippen LogP contribution < -0.4 is 0 Å². The number of ether oxygens (including phenoxy) is 1. The van der Waals surface area contributed by atoms with Crippen LogP contribution in [0, 0.1) is 17.8 Å². The maximum atomic E-state index is 5.30. The smallest absolute Gasteiger partial charge is 0.0497 e. The van der Waals surface area contributed by atoms with Crippen LogP contribution in [0.4, 0.5) is 0 Å². The molecule has 2 heterocycles. The van der Waals surface area contributed by atoms with E-state index in [-0.39, 0.29) is 0 Å². The second-order valence-corrected chi connectivity index (χ2v) is 3.15. The highest BCUT2D eigenvalue weighted by molar-refractivity contribution is 4.89. The summed E-state index contributed by atoms with van der Waals surface area (Å²) in [6, 6.07) is 0. The molecule has 0 amide bonds. The first-order valence-electron chi connectivity index (χ1n) is 3.45. The lowest BCUT2D eigenvalue weighted by atomic mass is 9.65. The number of rotatable bonds is 0. The van der Waals surface area contributed by atoms with Crippen LogP contribution in [-0.2, 0) is 4.74 Å². The highest BCUT2D eigenvalue weighted by Crippen LogP contribution is 2.43. The molecule has 1 saturated carbocycles. The Morgan fingerprint density at radius 3 is 2.12 bits per heavy atom. The predicted molar refractivity (Wildman–Crippen MR) is 31.6 cm³/mol. The summed E-state index contributed by atoms with van der Waals surface area (Å²) in [6.07, 6.45) is 1.45. The molecule has 1 nitrogen and oxygen atoms in total. The Labute approximate surface area is 50.0 Å². The molecule has 3 rings (SSSR count). The molecule has 3 aliphatic rings. The van der Waals surface area contributed by atoms with Crippen LogP contribution >= 0.6 is 0 Å². The molecule has 3 fully saturated rings. The molecule has 2 atom stereocenters. The second-order valence-electron chi connectivity index (χ2n) is 3.15. The van der Waals surface area contributed by atoms with Crippen molar-refractivity contribution in [3.8, 4) is 0 Å². The lowest BCUT2D eigenvalue weighted by Crippen LogP contribution is -2.45. The summed E-state index contributed by atoms with van der Waals surface area (Å²) in [5.74, 6) is 2.83. The van der Waals surface area contributed by atoms with Crippen LogP contribution in [-0.4, -0.2) is 13.2 Å². The largest absolute Gasteiger partial charge is 0.381 e. The highest BCUT2D eigenvalue weighted by Gasteiger charge is 2.41. The van der Waals surface area contributed by atoms with Gasteiger partial charge in [0.25, 0.3) is 0 Å². The van der Waals surface area contributed by atoms with E-state index in [9.17, 15) is 0 Å². The SMILES string of the molecule is CC1C2COCC1C2. The molecule has 0 spiro atoms. The standard InChI is InChI=1S/C7H12O/c1-5-6-2-7(5)4-8-3-6/h5-7H,2-4H2,1H3. The third-order valence-electron chi connectivity index (χ3n) is 2.76. The van der Waals surface area contributed by atoms with Crippen molar-refractivity contribution in [1.82, 2.24) is 0 Å². The maximum absolute atomic E-state index is 5.30. The van der Waals surface area contributed by atoms with E-state index in [4.69, 9.17) is 4.74 Å². The summed E-state index contributed by atoms with van der Waals surface area (Å²) in [6.45, 7) is 4.43. The van der Waals surface area contributed by atoms with Gasteiger partial charge >= 0.3 is 0 Å². The van der Waals surface area contributed by atoms with Gasteiger partial charge in [0.1, 0.15) is 0 Å². The summed E-state index contributed by atoms with van der Waals surface area (Å²) in [5, 5.41) is 0. The van der Waals surface area contributed by atoms with Gasteiger partial charge < -0.3 is 4.74 Å². The number of hydrogen-bond donors (Lipinski definition) is 0. The summed E-state index contributed by atoms with van der Waals surface area (Å²) in [7, 11) is 0. The van der Waals surface area contributed by atoms with E-state index in [0.717, 1.165) is 31.0 Å². The third-order valence-corrected chi connectivity index (χ3v) is 2.76. The molecule has 1 aliphatic carbocycles. The third kappa shape index (κ3) is 0.455. The maximum Gasteiger partial charge on any atom is 0.0497 e.